The first-order chi connectivity index (χ1) is 18.6. The number of piperidine rings is 1. The van der Waals surface area contributed by atoms with E-state index in [2.05, 4.69) is 40.2 Å². The summed E-state index contributed by atoms with van der Waals surface area (Å²) in [6.45, 7) is 3.25. The van der Waals surface area contributed by atoms with Crippen LogP contribution in [0.25, 0.3) is 11.3 Å². The molecule has 1 aliphatic heterocycles. The van der Waals surface area contributed by atoms with Crippen molar-refractivity contribution in [3.63, 3.8) is 0 Å². The second-order valence-corrected chi connectivity index (χ2v) is 9.65. The van der Waals surface area contributed by atoms with Crippen LogP contribution in [0.2, 0.25) is 0 Å². The van der Waals surface area contributed by atoms with Crippen LogP contribution in [-0.4, -0.2) is 51.6 Å². The third-order valence-corrected chi connectivity index (χ3v) is 7.09. The van der Waals surface area contributed by atoms with Crippen molar-refractivity contribution >= 4 is 6.03 Å². The van der Waals surface area contributed by atoms with Gasteiger partial charge in [0.2, 0.25) is 0 Å². The molecule has 0 atom stereocenters. The van der Waals surface area contributed by atoms with Crippen molar-refractivity contribution in [3.8, 4) is 23.1 Å². The second kappa shape index (κ2) is 11.8. The molecule has 0 radical (unpaired) electrons. The summed E-state index contributed by atoms with van der Waals surface area (Å²) in [6.07, 6.45) is 5.15. The Morgan fingerprint density at radius 3 is 2.39 bits per heavy atom. The molecule has 2 heterocycles. The van der Waals surface area contributed by atoms with Gasteiger partial charge in [-0.1, -0.05) is 60.7 Å². The van der Waals surface area contributed by atoms with Gasteiger partial charge in [-0.15, -0.1) is 0 Å². The summed E-state index contributed by atoms with van der Waals surface area (Å²) in [6, 6.07) is 28.0. The first-order valence-electron chi connectivity index (χ1n) is 12.9. The Labute approximate surface area is 223 Å². The van der Waals surface area contributed by atoms with E-state index in [1.807, 2.05) is 54.4 Å². The highest BCUT2D eigenvalue weighted by Gasteiger charge is 2.26. The Morgan fingerprint density at radius 1 is 1.03 bits per heavy atom. The van der Waals surface area contributed by atoms with E-state index in [4.69, 9.17) is 4.74 Å². The molecule has 0 aliphatic carbocycles. The van der Waals surface area contributed by atoms with Crippen LogP contribution in [0, 0.1) is 11.3 Å². The van der Waals surface area contributed by atoms with Crippen molar-refractivity contribution in [1.82, 2.24) is 19.4 Å². The van der Waals surface area contributed by atoms with E-state index in [1.54, 1.807) is 24.7 Å². The van der Waals surface area contributed by atoms with Crippen molar-refractivity contribution in [1.29, 1.82) is 5.26 Å². The van der Waals surface area contributed by atoms with Crippen LogP contribution < -0.4 is 4.74 Å². The minimum absolute atomic E-state index is 0.103. The van der Waals surface area contributed by atoms with E-state index in [0.717, 1.165) is 43.6 Å². The number of hydrogen-bond acceptors (Lipinski definition) is 5. The Balaban J connectivity index is 1.19. The van der Waals surface area contributed by atoms with Gasteiger partial charge in [0, 0.05) is 44.5 Å². The highest BCUT2D eigenvalue weighted by Crippen LogP contribution is 2.26. The summed E-state index contributed by atoms with van der Waals surface area (Å²) in [5, 5.41) is 9.68. The summed E-state index contributed by atoms with van der Waals surface area (Å²) in [4.78, 5) is 21.9. The highest BCUT2D eigenvalue weighted by molar-refractivity contribution is 5.78. The lowest BCUT2D eigenvalue weighted by molar-refractivity contribution is 0.132. The number of aromatic nitrogens is 2. The predicted molar refractivity (Wildman–Crippen MR) is 146 cm³/mol. The van der Waals surface area contributed by atoms with Crippen LogP contribution >= 0.6 is 0 Å². The van der Waals surface area contributed by atoms with Gasteiger partial charge < -0.3 is 9.64 Å². The number of benzene rings is 3. The minimum atomic E-state index is -0.103. The molecule has 192 valence electrons. The fourth-order valence-electron chi connectivity index (χ4n) is 4.86. The maximum Gasteiger partial charge on any atom is 0.329 e. The predicted octanol–water partition coefficient (Wildman–Crippen LogP) is 5.57. The molecule has 4 aromatic rings. The number of nitrogens with zero attached hydrogens (tertiary/aromatic N) is 5. The molecule has 0 spiro atoms. The molecule has 0 unspecified atom stereocenters. The topological polar surface area (TPSA) is 74.4 Å². The van der Waals surface area contributed by atoms with Crippen molar-refractivity contribution in [2.75, 3.05) is 20.1 Å². The van der Waals surface area contributed by atoms with Gasteiger partial charge in [0.05, 0.1) is 11.3 Å². The lowest BCUT2D eigenvalue weighted by atomic mass is 10.0. The van der Waals surface area contributed by atoms with Gasteiger partial charge >= 0.3 is 6.03 Å². The molecule has 1 fully saturated rings. The fraction of sp³-hybridized carbons (Fsp3) is 0.258. The highest BCUT2D eigenvalue weighted by atomic mass is 16.5. The number of hydrogen-bond donors (Lipinski definition) is 0. The monoisotopic (exact) mass is 505 g/mol. The van der Waals surface area contributed by atoms with E-state index in [9.17, 15) is 10.1 Å². The maximum atomic E-state index is 13.2. The number of amides is 1. The zero-order valence-electron chi connectivity index (χ0n) is 21.5. The number of rotatable bonds is 7. The molecule has 1 aliphatic rings. The number of ether oxygens (including phenoxy) is 1. The van der Waals surface area contributed by atoms with E-state index in [-0.39, 0.29) is 12.1 Å². The molecule has 0 bridgehead atoms. The lowest BCUT2D eigenvalue weighted by Crippen LogP contribution is -2.46. The van der Waals surface area contributed by atoms with Gasteiger partial charge in [-0.2, -0.15) is 5.26 Å². The molecule has 5 rings (SSSR count). The summed E-state index contributed by atoms with van der Waals surface area (Å²) in [5.41, 5.74) is 4.17. The molecule has 1 amide bonds. The first kappa shape index (κ1) is 25.2. The van der Waals surface area contributed by atoms with Gasteiger partial charge in [0.1, 0.15) is 24.8 Å². The van der Waals surface area contributed by atoms with E-state index in [1.165, 1.54) is 10.1 Å². The molecular formula is C31H31N5O2. The molecule has 7 heteroatoms. The molecule has 0 saturated carbocycles. The summed E-state index contributed by atoms with van der Waals surface area (Å²) in [5.74, 6) is 0.522. The summed E-state index contributed by atoms with van der Waals surface area (Å²) in [7, 11) is 1.87. The number of likely N-dealkylation sites (tertiary alicyclic amines) is 1. The van der Waals surface area contributed by atoms with Crippen LogP contribution in [0.15, 0.2) is 91.4 Å². The quantitative estimate of drug-likeness (QED) is 0.329. The van der Waals surface area contributed by atoms with Crippen molar-refractivity contribution in [2.24, 2.45) is 0 Å². The van der Waals surface area contributed by atoms with Crippen molar-refractivity contribution in [3.05, 3.63) is 108 Å². The maximum absolute atomic E-state index is 13.2. The molecule has 1 aromatic heterocycles. The average molecular weight is 506 g/mol. The normalized spacial score (nSPS) is 14.1. The first-order valence-corrected chi connectivity index (χ1v) is 12.9. The molecule has 0 N–H and O–H groups in total. The molecular weight excluding hydrogens is 474 g/mol. The smallest absolute Gasteiger partial charge is 0.329 e. The van der Waals surface area contributed by atoms with Crippen LogP contribution in [-0.2, 0) is 13.2 Å². The number of nitriles is 1. The van der Waals surface area contributed by atoms with Crippen molar-refractivity contribution < 1.29 is 9.53 Å². The van der Waals surface area contributed by atoms with Crippen LogP contribution in [0.3, 0.4) is 0 Å². The van der Waals surface area contributed by atoms with E-state index in [0.29, 0.717) is 23.6 Å². The standard InChI is InChI=1S/C31H31N5O2/c1-34(28-14-16-35(17-15-28)20-24-8-4-2-5-9-24)31(37)36-21-29(33-23-36)26-12-13-30(27(18-26)19-32)38-22-25-10-6-3-7-11-25/h2-13,18,21,23,28H,14-17,20,22H2,1H3. The van der Waals surface area contributed by atoms with Crippen LogP contribution in [0.4, 0.5) is 4.79 Å². The van der Waals surface area contributed by atoms with Gasteiger partial charge in [0.15, 0.2) is 0 Å². The van der Waals surface area contributed by atoms with E-state index >= 15 is 0 Å². The van der Waals surface area contributed by atoms with Crippen LogP contribution in [0.5, 0.6) is 5.75 Å². The van der Waals surface area contributed by atoms with Gasteiger partial charge in [0.25, 0.3) is 0 Å². The number of imidazole rings is 1. The minimum Gasteiger partial charge on any atom is -0.488 e. The van der Waals surface area contributed by atoms with Crippen LogP contribution in [0.1, 0.15) is 29.5 Å². The van der Waals surface area contributed by atoms with Crippen molar-refractivity contribution in [2.45, 2.75) is 32.0 Å². The summed E-state index contributed by atoms with van der Waals surface area (Å²) >= 11 is 0. The molecule has 1 saturated heterocycles. The fourth-order valence-corrected chi connectivity index (χ4v) is 4.86. The Kier molecular flexibility index (Phi) is 7.81. The zero-order valence-corrected chi connectivity index (χ0v) is 21.5. The van der Waals surface area contributed by atoms with E-state index < -0.39 is 0 Å². The number of carbonyl (C=O) groups is 1. The van der Waals surface area contributed by atoms with Gasteiger partial charge in [-0.3, -0.25) is 9.47 Å². The molecule has 3 aromatic carbocycles. The molecule has 38 heavy (non-hydrogen) atoms. The second-order valence-electron chi connectivity index (χ2n) is 9.65. The van der Waals surface area contributed by atoms with Gasteiger partial charge in [-0.25, -0.2) is 9.78 Å². The summed E-state index contributed by atoms with van der Waals surface area (Å²) < 4.78 is 7.40. The zero-order chi connectivity index (χ0) is 26.3. The third kappa shape index (κ3) is 5.93. The number of carbonyl (C=O) groups excluding carboxylic acids is 1. The average Bonchev–Trinajstić information content (AvgIpc) is 3.47. The SMILES string of the molecule is CN(C(=O)n1cnc(-c2ccc(OCc3ccccc3)c(C#N)c2)c1)C1CCN(Cc2ccccc2)CC1. The molecule has 7 nitrogen and oxygen atoms in total. The largest absolute Gasteiger partial charge is 0.488 e. The Morgan fingerprint density at radius 2 is 1.71 bits per heavy atom. The lowest BCUT2D eigenvalue weighted by Gasteiger charge is -2.36. The van der Waals surface area contributed by atoms with Gasteiger partial charge in [-0.05, 0) is 42.2 Å². The Bertz CT molecular complexity index is 1400. The Hall–Kier alpha value is -4.41. The third-order valence-electron chi connectivity index (χ3n) is 7.09.